The Labute approximate surface area is 223 Å². The van der Waals surface area contributed by atoms with Crippen molar-refractivity contribution in [3.8, 4) is 0 Å². The summed E-state index contributed by atoms with van der Waals surface area (Å²) in [7, 11) is 0. The number of halogens is 1. The number of anilines is 2. The summed E-state index contributed by atoms with van der Waals surface area (Å²) < 4.78 is 11.3. The van der Waals surface area contributed by atoms with Crippen LogP contribution in [0, 0.1) is 5.92 Å². The van der Waals surface area contributed by atoms with Gasteiger partial charge in [-0.25, -0.2) is 19.7 Å². The van der Waals surface area contributed by atoms with Crippen molar-refractivity contribution in [3.63, 3.8) is 0 Å². The number of carbonyl (C=O) groups excluding carboxylic acids is 2. The SMILES string of the molecule is CCOC(=O)c1cnc(N2CCC(CNC(=O)c3cc4nc(Cl)nc(N5CCOCC5)c4s3)CC2)nc1. The van der Waals surface area contributed by atoms with Crippen molar-refractivity contribution in [3.05, 3.63) is 34.2 Å². The van der Waals surface area contributed by atoms with Crippen molar-refractivity contribution < 1.29 is 19.1 Å². The molecule has 0 aromatic carbocycles. The number of thiophene rings is 1. The average Bonchev–Trinajstić information content (AvgIpc) is 3.36. The molecular formula is C24H28ClN7O4S. The molecule has 2 aliphatic heterocycles. The van der Waals surface area contributed by atoms with Gasteiger partial charge in [0.2, 0.25) is 11.2 Å². The second kappa shape index (κ2) is 11.5. The van der Waals surface area contributed by atoms with Gasteiger partial charge < -0.3 is 24.6 Å². The van der Waals surface area contributed by atoms with E-state index in [0.29, 0.717) is 54.2 Å². The van der Waals surface area contributed by atoms with Gasteiger partial charge in [-0.15, -0.1) is 11.3 Å². The van der Waals surface area contributed by atoms with Gasteiger partial charge in [-0.1, -0.05) is 0 Å². The van der Waals surface area contributed by atoms with Crippen LogP contribution in [0.5, 0.6) is 0 Å². The second-order valence-corrected chi connectivity index (χ2v) is 10.3. The predicted molar refractivity (Wildman–Crippen MR) is 141 cm³/mol. The number of piperidine rings is 1. The van der Waals surface area contributed by atoms with Crippen molar-refractivity contribution in [2.45, 2.75) is 19.8 Å². The number of ether oxygens (including phenoxy) is 2. The first-order valence-corrected chi connectivity index (χ1v) is 13.5. The van der Waals surface area contributed by atoms with E-state index in [1.165, 1.54) is 23.7 Å². The molecule has 0 unspecified atom stereocenters. The van der Waals surface area contributed by atoms with Crippen LogP contribution in [0.3, 0.4) is 0 Å². The van der Waals surface area contributed by atoms with E-state index in [2.05, 4.69) is 35.1 Å². The quantitative estimate of drug-likeness (QED) is 0.350. The third-order valence-corrected chi connectivity index (χ3v) is 7.75. The highest BCUT2D eigenvalue weighted by Crippen LogP contribution is 2.33. The number of nitrogens with one attached hydrogen (secondary N) is 1. The first-order chi connectivity index (χ1) is 18.0. The van der Waals surface area contributed by atoms with E-state index in [1.807, 2.05) is 0 Å². The van der Waals surface area contributed by atoms with E-state index < -0.39 is 5.97 Å². The fourth-order valence-corrected chi connectivity index (χ4v) is 5.66. The molecule has 2 saturated heterocycles. The molecule has 2 fully saturated rings. The van der Waals surface area contributed by atoms with Crippen LogP contribution >= 0.6 is 22.9 Å². The Hall–Kier alpha value is -3.09. The average molecular weight is 546 g/mol. The zero-order chi connectivity index (χ0) is 25.8. The lowest BCUT2D eigenvalue weighted by Crippen LogP contribution is -2.39. The highest BCUT2D eigenvalue weighted by molar-refractivity contribution is 7.21. The first-order valence-electron chi connectivity index (χ1n) is 12.3. The maximum atomic E-state index is 13.0. The zero-order valence-electron chi connectivity index (χ0n) is 20.5. The standard InChI is InChI=1S/C24H28ClN7O4S/c1-2-36-22(34)16-13-27-24(28-14-16)32-5-3-15(4-6-32)12-26-21(33)18-11-17-19(37-18)20(30-23(25)29-17)31-7-9-35-10-8-31/h11,13-15H,2-10,12H2,1H3,(H,26,33). The second-order valence-electron chi connectivity index (χ2n) is 8.87. The monoisotopic (exact) mass is 545 g/mol. The van der Waals surface area contributed by atoms with E-state index in [0.717, 1.165) is 49.5 Å². The Kier molecular flexibility index (Phi) is 7.96. The topological polar surface area (TPSA) is 123 Å². The summed E-state index contributed by atoms with van der Waals surface area (Å²) in [5.41, 5.74) is 1.02. The minimum absolute atomic E-state index is 0.118. The molecule has 0 aliphatic carbocycles. The van der Waals surface area contributed by atoms with Gasteiger partial charge in [0, 0.05) is 45.1 Å². The van der Waals surface area contributed by atoms with Crippen LogP contribution in [0.2, 0.25) is 5.28 Å². The zero-order valence-corrected chi connectivity index (χ0v) is 22.1. The molecule has 3 aromatic heterocycles. The summed E-state index contributed by atoms with van der Waals surface area (Å²) in [6.45, 7) is 6.92. The van der Waals surface area contributed by atoms with Crippen molar-refractivity contribution in [2.75, 3.05) is 62.3 Å². The molecule has 196 valence electrons. The number of rotatable bonds is 7. The minimum atomic E-state index is -0.422. The van der Waals surface area contributed by atoms with E-state index in [9.17, 15) is 9.59 Å². The fourth-order valence-electron chi connectivity index (χ4n) is 4.45. The molecule has 13 heteroatoms. The maximum absolute atomic E-state index is 13.0. The Balaban J connectivity index is 1.16. The number of hydrogen-bond acceptors (Lipinski definition) is 11. The number of nitrogens with zero attached hydrogens (tertiary/aromatic N) is 6. The highest BCUT2D eigenvalue weighted by atomic mass is 35.5. The molecule has 1 amide bonds. The Bertz CT molecular complexity index is 1260. The van der Waals surface area contributed by atoms with Gasteiger partial charge >= 0.3 is 5.97 Å². The molecule has 0 spiro atoms. The van der Waals surface area contributed by atoms with Crippen LogP contribution in [0.4, 0.5) is 11.8 Å². The van der Waals surface area contributed by atoms with Crippen LogP contribution in [-0.2, 0) is 9.47 Å². The lowest BCUT2D eigenvalue weighted by molar-refractivity contribution is 0.0525. The molecule has 5 heterocycles. The summed E-state index contributed by atoms with van der Waals surface area (Å²) in [5, 5.41) is 3.26. The van der Waals surface area contributed by atoms with Gasteiger partial charge in [0.25, 0.3) is 5.91 Å². The van der Waals surface area contributed by atoms with Crippen LogP contribution in [0.15, 0.2) is 18.5 Å². The number of amides is 1. The number of aromatic nitrogens is 4. The number of carbonyl (C=O) groups is 2. The Morgan fingerprint density at radius 3 is 2.57 bits per heavy atom. The summed E-state index contributed by atoms with van der Waals surface area (Å²) >= 11 is 7.56. The summed E-state index contributed by atoms with van der Waals surface area (Å²) in [5.74, 6) is 1.16. The Morgan fingerprint density at radius 2 is 1.86 bits per heavy atom. The normalized spacial score (nSPS) is 16.7. The molecule has 37 heavy (non-hydrogen) atoms. The van der Waals surface area contributed by atoms with E-state index in [1.54, 1.807) is 13.0 Å². The number of hydrogen-bond donors (Lipinski definition) is 1. The highest BCUT2D eigenvalue weighted by Gasteiger charge is 2.24. The molecule has 0 atom stereocenters. The van der Waals surface area contributed by atoms with Crippen LogP contribution in [0.25, 0.3) is 10.2 Å². The van der Waals surface area contributed by atoms with Crippen molar-refractivity contribution in [1.82, 2.24) is 25.3 Å². The van der Waals surface area contributed by atoms with Gasteiger partial charge in [0.15, 0.2) is 5.82 Å². The van der Waals surface area contributed by atoms with Gasteiger partial charge in [-0.05, 0) is 43.4 Å². The number of esters is 1. The lowest BCUT2D eigenvalue weighted by Gasteiger charge is -2.32. The molecule has 3 aromatic rings. The number of fused-ring (bicyclic) bond motifs is 1. The molecular weight excluding hydrogens is 518 g/mol. The smallest absolute Gasteiger partial charge is 0.341 e. The minimum Gasteiger partial charge on any atom is -0.462 e. The third kappa shape index (κ3) is 5.91. The molecule has 0 saturated carbocycles. The summed E-state index contributed by atoms with van der Waals surface area (Å²) in [6, 6.07) is 1.78. The van der Waals surface area contributed by atoms with Crippen LogP contribution in [-0.4, -0.2) is 84.4 Å². The fraction of sp³-hybridized carbons (Fsp3) is 0.500. The summed E-state index contributed by atoms with van der Waals surface area (Å²) in [4.78, 5) is 47.0. The predicted octanol–water partition coefficient (Wildman–Crippen LogP) is 2.79. The Morgan fingerprint density at radius 1 is 1.14 bits per heavy atom. The first kappa shape index (κ1) is 25.6. The van der Waals surface area contributed by atoms with Crippen molar-refractivity contribution >= 4 is 56.8 Å². The van der Waals surface area contributed by atoms with E-state index in [4.69, 9.17) is 21.1 Å². The van der Waals surface area contributed by atoms with Crippen LogP contribution < -0.4 is 15.1 Å². The third-order valence-electron chi connectivity index (χ3n) is 6.46. The summed E-state index contributed by atoms with van der Waals surface area (Å²) in [6.07, 6.45) is 4.80. The molecule has 2 aliphatic rings. The van der Waals surface area contributed by atoms with Crippen molar-refractivity contribution in [1.29, 1.82) is 0 Å². The van der Waals surface area contributed by atoms with Crippen LogP contribution in [0.1, 0.15) is 39.8 Å². The van der Waals surface area contributed by atoms with Gasteiger partial charge in [0.1, 0.15) is 0 Å². The number of morpholine rings is 1. The van der Waals surface area contributed by atoms with E-state index in [-0.39, 0.29) is 11.2 Å². The van der Waals surface area contributed by atoms with Gasteiger partial charge in [-0.3, -0.25) is 4.79 Å². The molecule has 0 radical (unpaired) electrons. The van der Waals surface area contributed by atoms with Crippen molar-refractivity contribution in [2.24, 2.45) is 5.92 Å². The maximum Gasteiger partial charge on any atom is 0.341 e. The largest absolute Gasteiger partial charge is 0.462 e. The molecule has 0 bridgehead atoms. The lowest BCUT2D eigenvalue weighted by atomic mass is 9.97. The molecule has 11 nitrogen and oxygen atoms in total. The molecule has 1 N–H and O–H groups in total. The van der Waals surface area contributed by atoms with Gasteiger partial charge in [0.05, 0.1) is 40.5 Å². The van der Waals surface area contributed by atoms with E-state index >= 15 is 0 Å². The van der Waals surface area contributed by atoms with Gasteiger partial charge in [-0.2, -0.15) is 4.98 Å². The molecule has 5 rings (SSSR count).